The van der Waals surface area contributed by atoms with E-state index in [0.717, 1.165) is 31.3 Å². The van der Waals surface area contributed by atoms with E-state index in [9.17, 15) is 0 Å². The molecule has 0 bridgehead atoms. The van der Waals surface area contributed by atoms with Crippen LogP contribution in [-0.4, -0.2) is 36.1 Å². The van der Waals surface area contributed by atoms with Gasteiger partial charge in [-0.2, -0.15) is 11.8 Å². The molecule has 1 aromatic heterocycles. The van der Waals surface area contributed by atoms with E-state index in [2.05, 4.69) is 34.3 Å². The van der Waals surface area contributed by atoms with Gasteiger partial charge in [0, 0.05) is 31.1 Å². The van der Waals surface area contributed by atoms with E-state index in [1.807, 2.05) is 17.8 Å². The molecule has 2 rings (SSSR count). The van der Waals surface area contributed by atoms with Crippen LogP contribution in [0, 0.1) is 0 Å². The number of anilines is 2. The summed E-state index contributed by atoms with van der Waals surface area (Å²) < 4.78 is 0. The second-order valence-corrected chi connectivity index (χ2v) is 4.74. The van der Waals surface area contributed by atoms with E-state index in [-0.39, 0.29) is 0 Å². The molecule has 1 N–H and O–H groups in total. The summed E-state index contributed by atoms with van der Waals surface area (Å²) in [5, 5.41) is 3.24. The minimum Gasteiger partial charge on any atom is -0.370 e. The molecule has 82 valence electrons. The Balaban J connectivity index is 2.09. The summed E-state index contributed by atoms with van der Waals surface area (Å²) in [6, 6.07) is 6.19. The summed E-state index contributed by atoms with van der Waals surface area (Å²) in [6.45, 7) is 5.25. The van der Waals surface area contributed by atoms with Crippen LogP contribution in [0.5, 0.6) is 0 Å². The van der Waals surface area contributed by atoms with Crippen LogP contribution in [0.3, 0.4) is 0 Å². The largest absolute Gasteiger partial charge is 0.370 e. The van der Waals surface area contributed by atoms with Crippen molar-refractivity contribution in [2.75, 3.05) is 41.4 Å². The van der Waals surface area contributed by atoms with Crippen molar-refractivity contribution in [3.63, 3.8) is 0 Å². The molecule has 1 aromatic rings. The van der Waals surface area contributed by atoms with Gasteiger partial charge in [-0.25, -0.2) is 4.98 Å². The fourth-order valence-corrected chi connectivity index (χ4v) is 2.57. The second kappa shape index (κ2) is 5.26. The van der Waals surface area contributed by atoms with E-state index in [4.69, 9.17) is 0 Å². The highest BCUT2D eigenvalue weighted by Gasteiger charge is 2.12. The lowest BCUT2D eigenvalue weighted by molar-refractivity contribution is 0.839. The number of thioether (sulfide) groups is 1. The average molecular weight is 223 g/mol. The first kappa shape index (κ1) is 10.6. The molecule has 2 heterocycles. The zero-order valence-corrected chi connectivity index (χ0v) is 9.89. The first-order valence-electron chi connectivity index (χ1n) is 5.44. The van der Waals surface area contributed by atoms with Crippen LogP contribution in [-0.2, 0) is 0 Å². The maximum absolute atomic E-state index is 4.59. The van der Waals surface area contributed by atoms with E-state index < -0.39 is 0 Å². The zero-order chi connectivity index (χ0) is 10.5. The smallest absolute Gasteiger partial charge is 0.131 e. The third-order valence-corrected chi connectivity index (χ3v) is 3.37. The monoisotopic (exact) mass is 223 g/mol. The van der Waals surface area contributed by atoms with Gasteiger partial charge in [-0.3, -0.25) is 0 Å². The molecule has 0 amide bonds. The Morgan fingerprint density at radius 1 is 1.40 bits per heavy atom. The van der Waals surface area contributed by atoms with Crippen molar-refractivity contribution in [2.24, 2.45) is 0 Å². The first-order valence-corrected chi connectivity index (χ1v) is 6.59. The summed E-state index contributed by atoms with van der Waals surface area (Å²) in [5.41, 5.74) is 0. The fourth-order valence-electron chi connectivity index (χ4n) is 1.67. The van der Waals surface area contributed by atoms with Crippen molar-refractivity contribution < 1.29 is 0 Å². The maximum atomic E-state index is 4.59. The Bertz CT molecular complexity index is 310. The SMILES string of the molecule is CCNc1cccc(N2CCSCC2)n1. The minimum atomic E-state index is 0.923. The lowest BCUT2D eigenvalue weighted by Crippen LogP contribution is -2.33. The van der Waals surface area contributed by atoms with Crippen LogP contribution in [0.15, 0.2) is 18.2 Å². The highest BCUT2D eigenvalue weighted by molar-refractivity contribution is 7.99. The van der Waals surface area contributed by atoms with Crippen LogP contribution in [0.4, 0.5) is 11.6 Å². The molecule has 0 unspecified atom stereocenters. The van der Waals surface area contributed by atoms with E-state index in [0.29, 0.717) is 0 Å². The Morgan fingerprint density at radius 2 is 2.20 bits per heavy atom. The van der Waals surface area contributed by atoms with Gasteiger partial charge < -0.3 is 10.2 Å². The van der Waals surface area contributed by atoms with E-state index in [1.54, 1.807) is 0 Å². The maximum Gasteiger partial charge on any atom is 0.131 e. The second-order valence-electron chi connectivity index (χ2n) is 3.51. The zero-order valence-electron chi connectivity index (χ0n) is 9.07. The van der Waals surface area contributed by atoms with Crippen LogP contribution < -0.4 is 10.2 Å². The number of nitrogens with one attached hydrogen (secondary N) is 1. The van der Waals surface area contributed by atoms with Crippen molar-refractivity contribution in [1.29, 1.82) is 0 Å². The molecule has 4 heteroatoms. The topological polar surface area (TPSA) is 28.2 Å². The number of aromatic nitrogens is 1. The van der Waals surface area contributed by atoms with Crippen molar-refractivity contribution >= 4 is 23.4 Å². The number of hydrogen-bond acceptors (Lipinski definition) is 4. The molecule has 15 heavy (non-hydrogen) atoms. The summed E-state index contributed by atoms with van der Waals surface area (Å²) in [5.74, 6) is 4.52. The van der Waals surface area contributed by atoms with Gasteiger partial charge in [0.05, 0.1) is 0 Å². The highest BCUT2D eigenvalue weighted by atomic mass is 32.2. The molecule has 0 spiro atoms. The van der Waals surface area contributed by atoms with Crippen molar-refractivity contribution in [3.8, 4) is 0 Å². The Kier molecular flexibility index (Phi) is 3.72. The molecular formula is C11H17N3S. The van der Waals surface area contributed by atoms with Gasteiger partial charge in [0.15, 0.2) is 0 Å². The minimum absolute atomic E-state index is 0.923. The van der Waals surface area contributed by atoms with Gasteiger partial charge in [-0.1, -0.05) is 6.07 Å². The molecule has 0 aromatic carbocycles. The Hall–Kier alpha value is -0.900. The van der Waals surface area contributed by atoms with Crippen LogP contribution in [0.2, 0.25) is 0 Å². The summed E-state index contributed by atoms with van der Waals surface area (Å²) in [4.78, 5) is 6.95. The lowest BCUT2D eigenvalue weighted by Gasteiger charge is -2.27. The Labute approximate surface area is 95.3 Å². The summed E-state index contributed by atoms with van der Waals surface area (Å²) in [7, 11) is 0. The van der Waals surface area contributed by atoms with Crippen LogP contribution >= 0.6 is 11.8 Å². The van der Waals surface area contributed by atoms with Gasteiger partial charge in [0.2, 0.25) is 0 Å². The van der Waals surface area contributed by atoms with Gasteiger partial charge in [-0.15, -0.1) is 0 Å². The van der Waals surface area contributed by atoms with Crippen molar-refractivity contribution in [1.82, 2.24) is 4.98 Å². The quantitative estimate of drug-likeness (QED) is 0.849. The molecule has 0 aliphatic carbocycles. The van der Waals surface area contributed by atoms with Gasteiger partial charge >= 0.3 is 0 Å². The number of hydrogen-bond donors (Lipinski definition) is 1. The number of nitrogens with zero attached hydrogens (tertiary/aromatic N) is 2. The first-order chi connectivity index (χ1) is 7.40. The predicted octanol–water partition coefficient (Wildman–Crippen LogP) is 2.07. The molecule has 3 nitrogen and oxygen atoms in total. The van der Waals surface area contributed by atoms with E-state index in [1.165, 1.54) is 11.5 Å². The van der Waals surface area contributed by atoms with Crippen LogP contribution in [0.1, 0.15) is 6.92 Å². The van der Waals surface area contributed by atoms with Crippen molar-refractivity contribution in [3.05, 3.63) is 18.2 Å². The average Bonchev–Trinajstić information content (AvgIpc) is 2.31. The number of rotatable bonds is 3. The Morgan fingerprint density at radius 3 is 2.93 bits per heavy atom. The van der Waals surface area contributed by atoms with Gasteiger partial charge in [0.1, 0.15) is 11.6 Å². The number of pyridine rings is 1. The highest BCUT2D eigenvalue weighted by Crippen LogP contribution is 2.18. The molecule has 1 aliphatic heterocycles. The molecule has 1 saturated heterocycles. The van der Waals surface area contributed by atoms with E-state index >= 15 is 0 Å². The molecule has 0 saturated carbocycles. The summed E-state index contributed by atoms with van der Waals surface area (Å²) in [6.07, 6.45) is 0. The molecule has 1 aliphatic rings. The standard InChI is InChI=1S/C11H17N3S/c1-2-12-10-4-3-5-11(13-10)14-6-8-15-9-7-14/h3-5H,2,6-9H2,1H3,(H,12,13). The predicted molar refractivity (Wildman–Crippen MR) is 67.9 cm³/mol. The molecule has 0 radical (unpaired) electrons. The van der Waals surface area contributed by atoms with Crippen molar-refractivity contribution in [2.45, 2.75) is 6.92 Å². The lowest BCUT2D eigenvalue weighted by atomic mass is 10.4. The third-order valence-electron chi connectivity index (χ3n) is 2.43. The fraction of sp³-hybridized carbons (Fsp3) is 0.545. The third kappa shape index (κ3) is 2.78. The van der Waals surface area contributed by atoms with Gasteiger partial charge in [0.25, 0.3) is 0 Å². The molecule has 1 fully saturated rings. The molecular weight excluding hydrogens is 206 g/mol. The normalized spacial score (nSPS) is 16.5. The van der Waals surface area contributed by atoms with Crippen LogP contribution in [0.25, 0.3) is 0 Å². The van der Waals surface area contributed by atoms with Gasteiger partial charge in [-0.05, 0) is 19.1 Å². The molecule has 0 atom stereocenters. The summed E-state index contributed by atoms with van der Waals surface area (Å²) >= 11 is 2.02.